The van der Waals surface area contributed by atoms with Gasteiger partial charge in [-0.15, -0.1) is 0 Å². The first kappa shape index (κ1) is 16.1. The molecule has 0 bridgehead atoms. The van der Waals surface area contributed by atoms with E-state index >= 15 is 0 Å². The fourth-order valence-electron chi connectivity index (χ4n) is 4.29. The molecule has 2 unspecified atom stereocenters. The molecule has 2 saturated heterocycles. The van der Waals surface area contributed by atoms with E-state index in [9.17, 15) is 4.79 Å². The zero-order valence-corrected chi connectivity index (χ0v) is 14.2. The lowest BCUT2D eigenvalue weighted by Gasteiger charge is -2.44. The molecule has 2 heterocycles. The van der Waals surface area contributed by atoms with Crippen LogP contribution in [0.3, 0.4) is 0 Å². The van der Waals surface area contributed by atoms with Crippen LogP contribution in [-0.2, 0) is 9.47 Å². The molecule has 5 heteroatoms. The van der Waals surface area contributed by atoms with Crippen molar-refractivity contribution in [2.24, 2.45) is 5.92 Å². The minimum absolute atomic E-state index is 0.204. The van der Waals surface area contributed by atoms with Crippen molar-refractivity contribution in [3.8, 4) is 0 Å². The van der Waals surface area contributed by atoms with Crippen LogP contribution in [0.4, 0.5) is 4.79 Å². The molecule has 1 saturated carbocycles. The molecule has 0 aromatic rings. The normalized spacial score (nSPS) is 33.6. The SMILES string of the molecule is CC(C)(C)OC(=O)N1CCC2(C1)OCCNC2C1CCCC1. The lowest BCUT2D eigenvalue weighted by Crippen LogP contribution is -2.62. The standard InChI is InChI=1S/C17H30N2O3/c1-16(2,3)22-15(20)19-10-8-17(12-19)14(18-9-11-21-17)13-6-4-5-7-13/h13-14,18H,4-12H2,1-3H3. The summed E-state index contributed by atoms with van der Waals surface area (Å²) in [7, 11) is 0. The van der Waals surface area contributed by atoms with E-state index in [1.54, 1.807) is 0 Å². The molecule has 2 aliphatic heterocycles. The summed E-state index contributed by atoms with van der Waals surface area (Å²) in [5.41, 5.74) is -0.645. The van der Waals surface area contributed by atoms with Gasteiger partial charge >= 0.3 is 6.09 Å². The number of rotatable bonds is 1. The number of likely N-dealkylation sites (tertiary alicyclic amines) is 1. The second-order valence-electron chi connectivity index (χ2n) is 8.04. The molecule has 0 radical (unpaired) electrons. The van der Waals surface area contributed by atoms with Gasteiger partial charge in [0.15, 0.2) is 0 Å². The molecule has 5 nitrogen and oxygen atoms in total. The molecule has 3 rings (SSSR count). The van der Waals surface area contributed by atoms with Crippen LogP contribution in [-0.4, -0.2) is 54.5 Å². The summed E-state index contributed by atoms with van der Waals surface area (Å²) in [4.78, 5) is 14.2. The monoisotopic (exact) mass is 310 g/mol. The predicted molar refractivity (Wildman–Crippen MR) is 84.9 cm³/mol. The fourth-order valence-corrected chi connectivity index (χ4v) is 4.29. The van der Waals surface area contributed by atoms with E-state index in [0.29, 0.717) is 18.5 Å². The Labute approximate surface area is 133 Å². The number of nitrogens with zero attached hydrogens (tertiary/aromatic N) is 1. The first-order valence-corrected chi connectivity index (χ1v) is 8.75. The van der Waals surface area contributed by atoms with Crippen LogP contribution in [0, 0.1) is 5.92 Å². The zero-order chi connectivity index (χ0) is 15.8. The van der Waals surface area contributed by atoms with Crippen LogP contribution in [0.5, 0.6) is 0 Å². The Balaban J connectivity index is 1.68. The van der Waals surface area contributed by atoms with E-state index in [-0.39, 0.29) is 11.7 Å². The lowest BCUT2D eigenvalue weighted by atomic mass is 9.81. The van der Waals surface area contributed by atoms with E-state index in [4.69, 9.17) is 9.47 Å². The molecule has 1 amide bonds. The number of nitrogens with one attached hydrogen (secondary N) is 1. The number of ether oxygens (including phenoxy) is 2. The van der Waals surface area contributed by atoms with Gasteiger partial charge in [0.25, 0.3) is 0 Å². The van der Waals surface area contributed by atoms with Crippen molar-refractivity contribution >= 4 is 6.09 Å². The van der Waals surface area contributed by atoms with E-state index in [2.05, 4.69) is 5.32 Å². The van der Waals surface area contributed by atoms with Crippen LogP contribution < -0.4 is 5.32 Å². The molecular formula is C17H30N2O3. The molecular weight excluding hydrogens is 280 g/mol. The topological polar surface area (TPSA) is 50.8 Å². The summed E-state index contributed by atoms with van der Waals surface area (Å²) in [6.07, 6.45) is 5.94. The summed E-state index contributed by atoms with van der Waals surface area (Å²) in [5, 5.41) is 3.70. The van der Waals surface area contributed by atoms with Gasteiger partial charge in [-0.1, -0.05) is 12.8 Å². The molecule has 1 spiro atoms. The Kier molecular flexibility index (Phi) is 4.38. The number of amides is 1. The maximum Gasteiger partial charge on any atom is 0.410 e. The third-order valence-electron chi connectivity index (χ3n) is 5.21. The van der Waals surface area contributed by atoms with E-state index < -0.39 is 5.60 Å². The second-order valence-corrected chi connectivity index (χ2v) is 8.04. The number of carbonyl (C=O) groups excluding carboxylic acids is 1. The Hall–Kier alpha value is -0.810. The minimum atomic E-state index is -0.441. The summed E-state index contributed by atoms with van der Waals surface area (Å²) >= 11 is 0. The second kappa shape index (κ2) is 6.00. The highest BCUT2D eigenvalue weighted by Crippen LogP contribution is 2.40. The van der Waals surface area contributed by atoms with Crippen LogP contribution >= 0.6 is 0 Å². The average molecular weight is 310 g/mol. The first-order chi connectivity index (χ1) is 10.4. The highest BCUT2D eigenvalue weighted by Gasteiger charge is 2.51. The number of carbonyl (C=O) groups is 1. The van der Waals surface area contributed by atoms with Crippen molar-refractivity contribution in [1.29, 1.82) is 0 Å². The average Bonchev–Trinajstić information content (AvgIpc) is 3.08. The van der Waals surface area contributed by atoms with Gasteiger partial charge in [0.05, 0.1) is 13.2 Å². The Morgan fingerprint density at radius 3 is 2.73 bits per heavy atom. The van der Waals surface area contributed by atoms with Crippen molar-refractivity contribution in [3.63, 3.8) is 0 Å². The van der Waals surface area contributed by atoms with Crippen LogP contribution in [0.1, 0.15) is 52.9 Å². The van der Waals surface area contributed by atoms with Crippen LogP contribution in [0.15, 0.2) is 0 Å². The number of hydrogen-bond acceptors (Lipinski definition) is 4. The molecule has 0 aromatic heterocycles. The molecule has 3 aliphatic rings. The highest BCUT2D eigenvalue weighted by molar-refractivity contribution is 5.68. The molecule has 3 fully saturated rings. The van der Waals surface area contributed by atoms with Gasteiger partial charge in [-0.2, -0.15) is 0 Å². The summed E-state index contributed by atoms with van der Waals surface area (Å²) < 4.78 is 11.8. The maximum absolute atomic E-state index is 12.3. The number of hydrogen-bond donors (Lipinski definition) is 1. The molecule has 22 heavy (non-hydrogen) atoms. The third kappa shape index (κ3) is 3.25. The Morgan fingerprint density at radius 2 is 2.05 bits per heavy atom. The van der Waals surface area contributed by atoms with Gasteiger partial charge in [0.1, 0.15) is 11.2 Å². The molecule has 1 aliphatic carbocycles. The Morgan fingerprint density at radius 1 is 1.32 bits per heavy atom. The van der Waals surface area contributed by atoms with Gasteiger partial charge in [-0.05, 0) is 46.0 Å². The van der Waals surface area contributed by atoms with Gasteiger partial charge in [0, 0.05) is 19.1 Å². The summed E-state index contributed by atoms with van der Waals surface area (Å²) in [6, 6.07) is 0.385. The smallest absolute Gasteiger partial charge is 0.410 e. The molecule has 126 valence electrons. The fraction of sp³-hybridized carbons (Fsp3) is 0.941. The van der Waals surface area contributed by atoms with Crippen molar-refractivity contribution in [3.05, 3.63) is 0 Å². The first-order valence-electron chi connectivity index (χ1n) is 8.75. The van der Waals surface area contributed by atoms with Gasteiger partial charge in [-0.3, -0.25) is 0 Å². The lowest BCUT2D eigenvalue weighted by molar-refractivity contribution is -0.102. The minimum Gasteiger partial charge on any atom is -0.444 e. The molecule has 1 N–H and O–H groups in total. The van der Waals surface area contributed by atoms with E-state index in [0.717, 1.165) is 26.1 Å². The zero-order valence-electron chi connectivity index (χ0n) is 14.2. The van der Waals surface area contributed by atoms with Crippen LogP contribution in [0.25, 0.3) is 0 Å². The van der Waals surface area contributed by atoms with E-state index in [1.807, 2.05) is 25.7 Å². The summed E-state index contributed by atoms with van der Waals surface area (Å²) in [6.45, 7) is 8.81. The van der Waals surface area contributed by atoms with Gasteiger partial charge < -0.3 is 19.7 Å². The Bertz CT molecular complexity index is 415. The van der Waals surface area contributed by atoms with Crippen molar-refractivity contribution in [1.82, 2.24) is 10.2 Å². The van der Waals surface area contributed by atoms with Crippen molar-refractivity contribution in [2.45, 2.75) is 70.1 Å². The largest absolute Gasteiger partial charge is 0.444 e. The summed E-state index contributed by atoms with van der Waals surface area (Å²) in [5.74, 6) is 0.693. The highest BCUT2D eigenvalue weighted by atomic mass is 16.6. The quantitative estimate of drug-likeness (QED) is 0.808. The van der Waals surface area contributed by atoms with Gasteiger partial charge in [-0.25, -0.2) is 4.79 Å². The molecule has 2 atom stereocenters. The van der Waals surface area contributed by atoms with Crippen molar-refractivity contribution in [2.75, 3.05) is 26.2 Å². The number of morpholine rings is 1. The third-order valence-corrected chi connectivity index (χ3v) is 5.21. The van der Waals surface area contributed by atoms with Gasteiger partial charge in [0.2, 0.25) is 0 Å². The maximum atomic E-state index is 12.3. The predicted octanol–water partition coefficient (Wildman–Crippen LogP) is 2.54. The van der Waals surface area contributed by atoms with Crippen LogP contribution in [0.2, 0.25) is 0 Å². The van der Waals surface area contributed by atoms with E-state index in [1.165, 1.54) is 25.7 Å². The molecule has 0 aromatic carbocycles. The van der Waals surface area contributed by atoms with Crippen molar-refractivity contribution < 1.29 is 14.3 Å².